The first-order valence-corrected chi connectivity index (χ1v) is 7.66. The van der Waals surface area contributed by atoms with Crippen LogP contribution in [0.2, 0.25) is 0 Å². The molecule has 0 unspecified atom stereocenters. The summed E-state index contributed by atoms with van der Waals surface area (Å²) in [6.45, 7) is 5.78. The number of carbonyl (C=O) groups excluding carboxylic acids is 1. The lowest BCUT2D eigenvalue weighted by molar-refractivity contribution is -0.131. The molecular weight excluding hydrogens is 294 g/mol. The summed E-state index contributed by atoms with van der Waals surface area (Å²) in [7, 11) is 1.80. The normalized spacial score (nSPS) is 13.0. The van der Waals surface area contributed by atoms with Gasteiger partial charge in [-0.05, 0) is 37.6 Å². The van der Waals surface area contributed by atoms with Crippen LogP contribution in [0.15, 0.2) is 24.3 Å². The molecule has 23 heavy (non-hydrogen) atoms. The summed E-state index contributed by atoms with van der Waals surface area (Å²) >= 11 is 0. The van der Waals surface area contributed by atoms with Gasteiger partial charge in [-0.25, -0.2) is 0 Å². The standard InChI is InChI=1S/C17H21N3O3/c1-12-8-13(2)20(18-12)11-17(21)19(3)10-14-4-5-15-16(9-14)23-7-6-22-15/h4-5,8-9H,6-7,10-11H2,1-3H3. The van der Waals surface area contributed by atoms with E-state index in [2.05, 4.69) is 5.10 Å². The van der Waals surface area contributed by atoms with Gasteiger partial charge in [-0.3, -0.25) is 9.48 Å². The first-order chi connectivity index (χ1) is 11.0. The molecule has 1 aliphatic heterocycles. The molecule has 2 aromatic rings. The maximum Gasteiger partial charge on any atom is 0.244 e. The minimum absolute atomic E-state index is 0.0195. The van der Waals surface area contributed by atoms with E-state index in [1.165, 1.54) is 0 Å². The van der Waals surface area contributed by atoms with Crippen molar-refractivity contribution < 1.29 is 14.3 Å². The molecule has 1 aliphatic rings. The zero-order valence-electron chi connectivity index (χ0n) is 13.7. The fourth-order valence-electron chi connectivity index (χ4n) is 2.63. The van der Waals surface area contributed by atoms with Crippen LogP contribution in [-0.4, -0.2) is 40.8 Å². The lowest BCUT2D eigenvalue weighted by Crippen LogP contribution is -2.30. The van der Waals surface area contributed by atoms with Crippen LogP contribution in [0.5, 0.6) is 11.5 Å². The van der Waals surface area contributed by atoms with Crippen molar-refractivity contribution in [3.8, 4) is 11.5 Å². The highest BCUT2D eigenvalue weighted by Crippen LogP contribution is 2.31. The van der Waals surface area contributed by atoms with Gasteiger partial charge in [-0.15, -0.1) is 0 Å². The van der Waals surface area contributed by atoms with E-state index in [4.69, 9.17) is 9.47 Å². The third-order valence-electron chi connectivity index (χ3n) is 3.84. The average molecular weight is 315 g/mol. The summed E-state index contributed by atoms with van der Waals surface area (Å²) in [5.74, 6) is 1.52. The molecule has 3 rings (SSSR count). The van der Waals surface area contributed by atoms with Crippen molar-refractivity contribution in [2.75, 3.05) is 20.3 Å². The van der Waals surface area contributed by atoms with Crippen molar-refractivity contribution in [2.24, 2.45) is 0 Å². The van der Waals surface area contributed by atoms with Crippen LogP contribution in [-0.2, 0) is 17.9 Å². The smallest absolute Gasteiger partial charge is 0.244 e. The van der Waals surface area contributed by atoms with Gasteiger partial charge in [0.15, 0.2) is 11.5 Å². The summed E-state index contributed by atoms with van der Waals surface area (Å²) in [4.78, 5) is 14.1. The second-order valence-electron chi connectivity index (χ2n) is 5.81. The lowest BCUT2D eigenvalue weighted by Gasteiger charge is -2.21. The minimum atomic E-state index is 0.0195. The van der Waals surface area contributed by atoms with Crippen LogP contribution in [0.25, 0.3) is 0 Å². The number of benzene rings is 1. The van der Waals surface area contributed by atoms with E-state index in [1.54, 1.807) is 16.6 Å². The van der Waals surface area contributed by atoms with Crippen LogP contribution in [0, 0.1) is 13.8 Å². The molecule has 0 N–H and O–H groups in total. The van der Waals surface area contributed by atoms with Gasteiger partial charge >= 0.3 is 0 Å². The van der Waals surface area contributed by atoms with Gasteiger partial charge in [-0.2, -0.15) is 5.10 Å². The Bertz CT molecular complexity index is 724. The summed E-state index contributed by atoms with van der Waals surface area (Å²) in [6, 6.07) is 7.75. The quantitative estimate of drug-likeness (QED) is 0.865. The molecule has 0 radical (unpaired) electrons. The van der Waals surface area contributed by atoms with Crippen molar-refractivity contribution in [2.45, 2.75) is 26.9 Å². The van der Waals surface area contributed by atoms with Gasteiger partial charge in [0.05, 0.1) is 5.69 Å². The summed E-state index contributed by atoms with van der Waals surface area (Å²) in [5.41, 5.74) is 2.92. The number of likely N-dealkylation sites (N-methyl/N-ethyl adjacent to an activating group) is 1. The van der Waals surface area contributed by atoms with Crippen molar-refractivity contribution in [1.82, 2.24) is 14.7 Å². The number of rotatable bonds is 4. The van der Waals surface area contributed by atoms with E-state index in [1.807, 2.05) is 38.1 Å². The fraction of sp³-hybridized carbons (Fsp3) is 0.412. The van der Waals surface area contributed by atoms with Crippen LogP contribution in [0.4, 0.5) is 0 Å². The summed E-state index contributed by atoms with van der Waals surface area (Å²) < 4.78 is 12.8. The highest BCUT2D eigenvalue weighted by Gasteiger charge is 2.15. The predicted molar refractivity (Wildman–Crippen MR) is 85.6 cm³/mol. The Morgan fingerprint density at radius 2 is 1.96 bits per heavy atom. The number of hydrogen-bond donors (Lipinski definition) is 0. The monoisotopic (exact) mass is 315 g/mol. The van der Waals surface area contributed by atoms with Crippen molar-refractivity contribution in [3.05, 3.63) is 41.2 Å². The molecule has 0 bridgehead atoms. The highest BCUT2D eigenvalue weighted by molar-refractivity contribution is 5.75. The van der Waals surface area contributed by atoms with Gasteiger partial charge in [-0.1, -0.05) is 6.07 Å². The van der Waals surface area contributed by atoms with Crippen LogP contribution in [0.1, 0.15) is 17.0 Å². The molecule has 1 aromatic carbocycles. The van der Waals surface area contributed by atoms with E-state index in [9.17, 15) is 4.79 Å². The topological polar surface area (TPSA) is 56.6 Å². The van der Waals surface area contributed by atoms with Crippen molar-refractivity contribution in [1.29, 1.82) is 0 Å². The van der Waals surface area contributed by atoms with Gasteiger partial charge in [0, 0.05) is 19.3 Å². The predicted octanol–water partition coefficient (Wildman–Crippen LogP) is 1.93. The number of fused-ring (bicyclic) bond motifs is 1. The Morgan fingerprint density at radius 1 is 1.22 bits per heavy atom. The van der Waals surface area contributed by atoms with Gasteiger partial charge < -0.3 is 14.4 Å². The molecule has 1 aromatic heterocycles. The molecule has 0 fully saturated rings. The number of ether oxygens (including phenoxy) is 2. The van der Waals surface area contributed by atoms with E-state index < -0.39 is 0 Å². The van der Waals surface area contributed by atoms with Gasteiger partial charge in [0.1, 0.15) is 19.8 Å². The molecule has 0 saturated carbocycles. The largest absolute Gasteiger partial charge is 0.486 e. The first-order valence-electron chi connectivity index (χ1n) is 7.66. The molecule has 122 valence electrons. The van der Waals surface area contributed by atoms with E-state index in [-0.39, 0.29) is 12.5 Å². The first kappa shape index (κ1) is 15.4. The number of aryl methyl sites for hydroxylation is 2. The average Bonchev–Trinajstić information content (AvgIpc) is 2.84. The number of carbonyl (C=O) groups is 1. The SMILES string of the molecule is Cc1cc(C)n(CC(=O)N(C)Cc2ccc3c(c2)OCCO3)n1. The second-order valence-corrected chi connectivity index (χ2v) is 5.81. The Kier molecular flexibility index (Phi) is 4.23. The maximum absolute atomic E-state index is 12.4. The minimum Gasteiger partial charge on any atom is -0.486 e. The molecule has 6 heteroatoms. The molecule has 0 atom stereocenters. The van der Waals surface area contributed by atoms with Crippen molar-refractivity contribution in [3.63, 3.8) is 0 Å². The number of hydrogen-bond acceptors (Lipinski definition) is 4. The van der Waals surface area contributed by atoms with Gasteiger partial charge in [0.2, 0.25) is 5.91 Å². The van der Waals surface area contributed by atoms with E-state index in [0.717, 1.165) is 28.5 Å². The van der Waals surface area contributed by atoms with Crippen LogP contribution < -0.4 is 9.47 Å². The zero-order valence-corrected chi connectivity index (χ0v) is 13.7. The summed E-state index contributed by atoms with van der Waals surface area (Å²) in [6.07, 6.45) is 0. The Labute approximate surface area is 135 Å². The van der Waals surface area contributed by atoms with Crippen molar-refractivity contribution >= 4 is 5.91 Å². The third-order valence-corrected chi connectivity index (χ3v) is 3.84. The second kappa shape index (κ2) is 6.32. The number of nitrogens with zero attached hydrogens (tertiary/aromatic N) is 3. The number of amides is 1. The Hall–Kier alpha value is -2.50. The number of aromatic nitrogens is 2. The third kappa shape index (κ3) is 3.47. The van der Waals surface area contributed by atoms with Crippen LogP contribution >= 0.6 is 0 Å². The lowest BCUT2D eigenvalue weighted by atomic mass is 10.2. The Morgan fingerprint density at radius 3 is 2.65 bits per heavy atom. The highest BCUT2D eigenvalue weighted by atomic mass is 16.6. The molecule has 0 saturated heterocycles. The van der Waals surface area contributed by atoms with Crippen LogP contribution in [0.3, 0.4) is 0 Å². The molecule has 2 heterocycles. The maximum atomic E-state index is 12.4. The molecule has 0 aliphatic carbocycles. The van der Waals surface area contributed by atoms with E-state index in [0.29, 0.717) is 19.8 Å². The molecule has 1 amide bonds. The molecule has 6 nitrogen and oxygen atoms in total. The fourth-order valence-corrected chi connectivity index (χ4v) is 2.63. The molecular formula is C17H21N3O3. The van der Waals surface area contributed by atoms with E-state index >= 15 is 0 Å². The summed E-state index contributed by atoms with van der Waals surface area (Å²) in [5, 5.41) is 4.33. The van der Waals surface area contributed by atoms with Gasteiger partial charge in [0.25, 0.3) is 0 Å². The Balaban J connectivity index is 1.65. The molecule has 0 spiro atoms. The zero-order chi connectivity index (χ0) is 16.4.